The van der Waals surface area contributed by atoms with Crippen LogP contribution in [0.3, 0.4) is 0 Å². The molecule has 4 nitrogen and oxygen atoms in total. The molecule has 2 heterocycles. The van der Waals surface area contributed by atoms with Gasteiger partial charge in [0, 0.05) is 43.5 Å². The Kier molecular flexibility index (Phi) is 4.99. The van der Waals surface area contributed by atoms with Crippen molar-refractivity contribution < 1.29 is 4.79 Å². The molecule has 1 saturated heterocycles. The van der Waals surface area contributed by atoms with Crippen LogP contribution in [-0.4, -0.2) is 61.5 Å². The second-order valence-corrected chi connectivity index (χ2v) is 7.50. The second-order valence-electron chi connectivity index (χ2n) is 6.45. The number of carbonyl (C=O) groups excluding carboxylic acids is 1. The lowest BCUT2D eigenvalue weighted by atomic mass is 10.1. The number of carbonyl (C=O) groups is 1. The molecule has 0 unspecified atom stereocenters. The summed E-state index contributed by atoms with van der Waals surface area (Å²) in [6.07, 6.45) is 0. The summed E-state index contributed by atoms with van der Waals surface area (Å²) in [5, 5.41) is 4.31. The normalized spacial score (nSPS) is 18.2. The Balaban J connectivity index is 1.61. The molecule has 1 atom stereocenters. The van der Waals surface area contributed by atoms with Crippen molar-refractivity contribution in [2.45, 2.75) is 19.9 Å². The summed E-state index contributed by atoms with van der Waals surface area (Å²) in [4.78, 5) is 18.2. The molecule has 5 heteroatoms. The summed E-state index contributed by atoms with van der Waals surface area (Å²) < 4.78 is 1.18. The molecule has 1 N–H and O–H groups in total. The van der Waals surface area contributed by atoms with Crippen LogP contribution in [0.1, 0.15) is 22.2 Å². The highest BCUT2D eigenvalue weighted by atomic mass is 32.1. The third-order valence-corrected chi connectivity index (χ3v) is 6.04. The van der Waals surface area contributed by atoms with Gasteiger partial charge in [-0.25, -0.2) is 0 Å². The van der Waals surface area contributed by atoms with Crippen molar-refractivity contribution in [3.8, 4) is 0 Å². The monoisotopic (exact) mass is 331 g/mol. The van der Waals surface area contributed by atoms with Crippen LogP contribution in [0.25, 0.3) is 10.1 Å². The van der Waals surface area contributed by atoms with Crippen molar-refractivity contribution in [1.29, 1.82) is 0 Å². The molecule has 0 aliphatic carbocycles. The topological polar surface area (TPSA) is 35.6 Å². The second kappa shape index (κ2) is 6.99. The van der Waals surface area contributed by atoms with Crippen LogP contribution in [0.15, 0.2) is 24.3 Å². The van der Waals surface area contributed by atoms with Crippen LogP contribution in [0.2, 0.25) is 0 Å². The Labute approximate surface area is 142 Å². The van der Waals surface area contributed by atoms with Crippen molar-refractivity contribution in [3.05, 3.63) is 34.7 Å². The molecular weight excluding hydrogens is 306 g/mol. The summed E-state index contributed by atoms with van der Waals surface area (Å²) in [7, 11) is 2.16. The van der Waals surface area contributed by atoms with Crippen LogP contribution < -0.4 is 5.32 Å². The summed E-state index contributed by atoms with van der Waals surface area (Å²) in [5.41, 5.74) is 1.09. The Bertz CT molecular complexity index is 689. The maximum absolute atomic E-state index is 12.5. The van der Waals surface area contributed by atoms with Gasteiger partial charge in [-0.2, -0.15) is 0 Å². The number of nitrogens with one attached hydrogen (secondary N) is 1. The highest BCUT2D eigenvalue weighted by Crippen LogP contribution is 2.30. The molecule has 1 aliphatic heterocycles. The summed E-state index contributed by atoms with van der Waals surface area (Å²) >= 11 is 1.59. The fourth-order valence-electron chi connectivity index (χ4n) is 3.10. The van der Waals surface area contributed by atoms with Crippen LogP contribution in [0.5, 0.6) is 0 Å². The zero-order valence-corrected chi connectivity index (χ0v) is 14.9. The number of nitrogens with zero attached hydrogens (tertiary/aromatic N) is 2. The van der Waals surface area contributed by atoms with Crippen molar-refractivity contribution in [2.24, 2.45) is 0 Å². The first-order valence-electron chi connectivity index (χ1n) is 8.25. The third-order valence-electron chi connectivity index (χ3n) is 4.77. The highest BCUT2D eigenvalue weighted by molar-refractivity contribution is 7.21. The smallest absolute Gasteiger partial charge is 0.261 e. The quantitative estimate of drug-likeness (QED) is 0.935. The first-order valence-corrected chi connectivity index (χ1v) is 9.07. The Hall–Kier alpha value is -1.43. The molecular formula is C18H25N3OS. The number of fused-ring (bicyclic) bond motifs is 1. The molecule has 1 fully saturated rings. The maximum Gasteiger partial charge on any atom is 0.261 e. The van der Waals surface area contributed by atoms with Crippen molar-refractivity contribution in [2.75, 3.05) is 39.8 Å². The Morgan fingerprint density at radius 3 is 2.65 bits per heavy atom. The average Bonchev–Trinajstić information content (AvgIpc) is 2.90. The van der Waals surface area contributed by atoms with Crippen LogP contribution in [-0.2, 0) is 0 Å². The fourth-order valence-corrected chi connectivity index (χ4v) is 4.23. The zero-order chi connectivity index (χ0) is 16.4. The number of rotatable bonds is 4. The maximum atomic E-state index is 12.5. The van der Waals surface area contributed by atoms with Gasteiger partial charge in [0.05, 0.1) is 4.88 Å². The molecule has 1 amide bonds. The number of aryl methyl sites for hydroxylation is 1. The highest BCUT2D eigenvalue weighted by Gasteiger charge is 2.21. The third kappa shape index (κ3) is 3.57. The lowest BCUT2D eigenvalue weighted by Gasteiger charge is -2.36. The molecule has 0 saturated carbocycles. The first kappa shape index (κ1) is 16.4. The van der Waals surface area contributed by atoms with E-state index in [1.54, 1.807) is 11.3 Å². The SMILES string of the molecule is Cc1c(C(=O)NC[C@@H](C)N2CCN(C)CC2)sc2ccccc12. The number of hydrogen-bond donors (Lipinski definition) is 1. The van der Waals surface area contributed by atoms with Gasteiger partial charge in [-0.05, 0) is 37.9 Å². The van der Waals surface area contributed by atoms with Gasteiger partial charge < -0.3 is 10.2 Å². The number of benzene rings is 1. The van der Waals surface area contributed by atoms with E-state index in [2.05, 4.69) is 41.2 Å². The van der Waals surface area contributed by atoms with Crippen molar-refractivity contribution in [1.82, 2.24) is 15.1 Å². The summed E-state index contributed by atoms with van der Waals surface area (Å²) in [5.74, 6) is 0.0599. The van der Waals surface area contributed by atoms with E-state index in [1.807, 2.05) is 19.1 Å². The molecule has 0 radical (unpaired) electrons. The van der Waals surface area contributed by atoms with Gasteiger partial charge in [-0.15, -0.1) is 11.3 Å². The number of piperazine rings is 1. The van der Waals surface area contributed by atoms with Gasteiger partial charge in [-0.1, -0.05) is 18.2 Å². The minimum atomic E-state index is 0.0599. The standard InChI is InChI=1S/C18H25N3OS/c1-13(21-10-8-20(3)9-11-21)12-19-18(22)17-14(2)15-6-4-5-7-16(15)23-17/h4-7,13H,8-12H2,1-3H3,(H,19,22)/t13-/m1/s1. The van der Waals surface area contributed by atoms with E-state index in [1.165, 1.54) is 10.1 Å². The predicted octanol–water partition coefficient (Wildman–Crippen LogP) is 2.58. The van der Waals surface area contributed by atoms with Crippen LogP contribution >= 0.6 is 11.3 Å². The minimum Gasteiger partial charge on any atom is -0.350 e. The van der Waals surface area contributed by atoms with E-state index in [0.717, 1.165) is 36.6 Å². The minimum absolute atomic E-state index is 0.0599. The number of amides is 1. The van der Waals surface area contributed by atoms with Gasteiger partial charge >= 0.3 is 0 Å². The lowest BCUT2D eigenvalue weighted by Crippen LogP contribution is -2.51. The van der Waals surface area contributed by atoms with E-state index in [0.29, 0.717) is 12.6 Å². The molecule has 1 aromatic carbocycles. The number of hydrogen-bond acceptors (Lipinski definition) is 4. The average molecular weight is 331 g/mol. The predicted molar refractivity (Wildman–Crippen MR) is 97.4 cm³/mol. The van der Waals surface area contributed by atoms with Crippen LogP contribution in [0.4, 0.5) is 0 Å². The van der Waals surface area contributed by atoms with Gasteiger partial charge in [0.25, 0.3) is 5.91 Å². The van der Waals surface area contributed by atoms with Gasteiger partial charge in [0.15, 0.2) is 0 Å². The number of thiophene rings is 1. The van der Waals surface area contributed by atoms with Gasteiger partial charge in [0.1, 0.15) is 0 Å². The first-order chi connectivity index (χ1) is 11.1. The Morgan fingerprint density at radius 2 is 1.96 bits per heavy atom. The van der Waals surface area contributed by atoms with E-state index < -0.39 is 0 Å². The molecule has 0 spiro atoms. The van der Waals surface area contributed by atoms with Crippen molar-refractivity contribution in [3.63, 3.8) is 0 Å². The van der Waals surface area contributed by atoms with Gasteiger partial charge in [-0.3, -0.25) is 9.69 Å². The van der Waals surface area contributed by atoms with E-state index in [-0.39, 0.29) is 5.91 Å². The molecule has 3 rings (SSSR count). The van der Waals surface area contributed by atoms with Crippen LogP contribution in [0, 0.1) is 6.92 Å². The molecule has 1 aromatic heterocycles. The lowest BCUT2D eigenvalue weighted by molar-refractivity contribution is 0.0907. The largest absolute Gasteiger partial charge is 0.350 e. The van der Waals surface area contributed by atoms with E-state index >= 15 is 0 Å². The van der Waals surface area contributed by atoms with E-state index in [9.17, 15) is 4.79 Å². The zero-order valence-electron chi connectivity index (χ0n) is 14.1. The summed E-state index contributed by atoms with van der Waals surface area (Å²) in [6, 6.07) is 8.60. The van der Waals surface area contributed by atoms with Crippen molar-refractivity contribution >= 4 is 27.3 Å². The fraction of sp³-hybridized carbons (Fsp3) is 0.500. The molecule has 124 valence electrons. The molecule has 1 aliphatic rings. The van der Waals surface area contributed by atoms with E-state index in [4.69, 9.17) is 0 Å². The Morgan fingerprint density at radius 1 is 1.26 bits per heavy atom. The molecule has 2 aromatic rings. The molecule has 0 bridgehead atoms. The summed E-state index contributed by atoms with van der Waals surface area (Å²) in [6.45, 7) is 9.31. The molecule has 23 heavy (non-hydrogen) atoms. The number of likely N-dealkylation sites (N-methyl/N-ethyl adjacent to an activating group) is 1. The van der Waals surface area contributed by atoms with Gasteiger partial charge in [0.2, 0.25) is 0 Å².